The number of carbonyl (C=O) groups is 1. The highest BCUT2D eigenvalue weighted by molar-refractivity contribution is 7.98. The lowest BCUT2D eigenvalue weighted by Crippen LogP contribution is -2.36. The zero-order chi connectivity index (χ0) is 14.8. The molecule has 2 N–H and O–H groups in total. The van der Waals surface area contributed by atoms with Gasteiger partial charge in [-0.1, -0.05) is 24.3 Å². The minimum atomic E-state index is 0.0915. The summed E-state index contributed by atoms with van der Waals surface area (Å²) in [6.45, 7) is 1.35. The topological polar surface area (TPSA) is 46.3 Å². The number of benzene rings is 2. The van der Waals surface area contributed by atoms with Gasteiger partial charge in [0.1, 0.15) is 0 Å². The number of thioether (sulfide) groups is 1. The first kappa shape index (κ1) is 14.0. The van der Waals surface area contributed by atoms with Gasteiger partial charge in [0.2, 0.25) is 0 Å². The van der Waals surface area contributed by atoms with Crippen molar-refractivity contribution < 1.29 is 4.79 Å². The monoisotopic (exact) mass is 298 g/mol. The van der Waals surface area contributed by atoms with Crippen molar-refractivity contribution in [3.8, 4) is 0 Å². The lowest BCUT2D eigenvalue weighted by molar-refractivity contribution is 0.0731. The first-order valence-corrected chi connectivity index (χ1v) is 8.21. The Morgan fingerprint density at radius 3 is 2.81 bits per heavy atom. The molecule has 1 aliphatic rings. The Morgan fingerprint density at radius 1 is 1.19 bits per heavy atom. The van der Waals surface area contributed by atoms with Gasteiger partial charge in [-0.3, -0.25) is 4.79 Å². The highest BCUT2D eigenvalue weighted by Crippen LogP contribution is 2.27. The third kappa shape index (κ3) is 2.63. The Morgan fingerprint density at radius 2 is 2.00 bits per heavy atom. The second-order valence-corrected chi connectivity index (χ2v) is 6.01. The number of fused-ring (bicyclic) bond motifs is 1. The molecule has 0 bridgehead atoms. The molecule has 3 rings (SSSR count). The third-order valence-electron chi connectivity index (χ3n) is 3.93. The number of hydrogen-bond acceptors (Lipinski definition) is 3. The summed E-state index contributed by atoms with van der Waals surface area (Å²) in [5.41, 5.74) is 9.97. The van der Waals surface area contributed by atoms with E-state index in [2.05, 4.69) is 6.07 Å². The van der Waals surface area contributed by atoms with Crippen molar-refractivity contribution >= 4 is 23.4 Å². The van der Waals surface area contributed by atoms with Crippen LogP contribution >= 0.6 is 11.8 Å². The van der Waals surface area contributed by atoms with E-state index < -0.39 is 0 Å². The number of nitrogens with zero attached hydrogens (tertiary/aromatic N) is 1. The average molecular weight is 298 g/mol. The van der Waals surface area contributed by atoms with Crippen molar-refractivity contribution in [1.29, 1.82) is 0 Å². The molecule has 108 valence electrons. The van der Waals surface area contributed by atoms with Crippen LogP contribution in [0.15, 0.2) is 47.4 Å². The molecular weight excluding hydrogens is 280 g/mol. The van der Waals surface area contributed by atoms with E-state index in [1.54, 1.807) is 11.8 Å². The van der Waals surface area contributed by atoms with Crippen LogP contribution in [0.25, 0.3) is 0 Å². The molecular formula is C17H18N2OS. The zero-order valence-electron chi connectivity index (χ0n) is 12.0. The standard InChI is InChI=1S/C17H18N2OS/c1-21-16-8-3-2-6-13(16)17(20)19-10-9-12-5-4-7-15(18)14(12)11-19/h2-8H,9-11,18H2,1H3. The third-order valence-corrected chi connectivity index (χ3v) is 4.73. The summed E-state index contributed by atoms with van der Waals surface area (Å²) in [5, 5.41) is 0. The SMILES string of the molecule is CSc1ccccc1C(=O)N1CCc2cccc(N)c2C1. The van der Waals surface area contributed by atoms with Crippen molar-refractivity contribution in [3.05, 3.63) is 59.2 Å². The number of carbonyl (C=O) groups excluding carboxylic acids is 1. The molecule has 0 aromatic heterocycles. The maximum atomic E-state index is 12.8. The number of rotatable bonds is 2. The van der Waals surface area contributed by atoms with Gasteiger partial charge in [-0.2, -0.15) is 0 Å². The van der Waals surface area contributed by atoms with Gasteiger partial charge < -0.3 is 10.6 Å². The summed E-state index contributed by atoms with van der Waals surface area (Å²) >= 11 is 1.60. The molecule has 4 heteroatoms. The largest absolute Gasteiger partial charge is 0.398 e. The number of nitrogen functional groups attached to an aromatic ring is 1. The van der Waals surface area contributed by atoms with Gasteiger partial charge in [0.15, 0.2) is 0 Å². The van der Waals surface area contributed by atoms with E-state index in [4.69, 9.17) is 5.73 Å². The summed E-state index contributed by atoms with van der Waals surface area (Å²) in [5.74, 6) is 0.0915. The molecule has 0 fully saturated rings. The van der Waals surface area contributed by atoms with Gasteiger partial charge in [0, 0.05) is 23.7 Å². The van der Waals surface area contributed by atoms with E-state index in [1.165, 1.54) is 5.56 Å². The first-order valence-electron chi connectivity index (χ1n) is 6.99. The predicted octanol–water partition coefficient (Wildman–Crippen LogP) is 3.19. The molecule has 3 nitrogen and oxygen atoms in total. The van der Waals surface area contributed by atoms with Crippen LogP contribution in [0.2, 0.25) is 0 Å². The average Bonchev–Trinajstić information content (AvgIpc) is 2.54. The van der Waals surface area contributed by atoms with E-state index in [0.717, 1.165) is 34.7 Å². The summed E-state index contributed by atoms with van der Waals surface area (Å²) in [7, 11) is 0. The van der Waals surface area contributed by atoms with Crippen molar-refractivity contribution in [1.82, 2.24) is 4.90 Å². The molecule has 2 aromatic carbocycles. The molecule has 0 saturated heterocycles. The van der Waals surface area contributed by atoms with Crippen LogP contribution in [-0.2, 0) is 13.0 Å². The van der Waals surface area contributed by atoms with Crippen molar-refractivity contribution in [2.45, 2.75) is 17.9 Å². The Balaban J connectivity index is 1.89. The van der Waals surface area contributed by atoms with E-state index in [-0.39, 0.29) is 5.91 Å². The van der Waals surface area contributed by atoms with Crippen LogP contribution in [0.3, 0.4) is 0 Å². The Hall–Kier alpha value is -1.94. The summed E-state index contributed by atoms with van der Waals surface area (Å²) in [6.07, 6.45) is 2.86. The Bertz CT molecular complexity index is 684. The van der Waals surface area contributed by atoms with Gasteiger partial charge in [-0.25, -0.2) is 0 Å². The smallest absolute Gasteiger partial charge is 0.255 e. The number of anilines is 1. The van der Waals surface area contributed by atoms with E-state index in [1.807, 2.05) is 47.6 Å². The maximum Gasteiger partial charge on any atom is 0.255 e. The van der Waals surface area contributed by atoms with Gasteiger partial charge in [-0.05, 0) is 42.0 Å². The molecule has 21 heavy (non-hydrogen) atoms. The number of amides is 1. The summed E-state index contributed by atoms with van der Waals surface area (Å²) < 4.78 is 0. The van der Waals surface area contributed by atoms with Crippen molar-refractivity contribution in [2.24, 2.45) is 0 Å². The minimum Gasteiger partial charge on any atom is -0.398 e. The number of hydrogen-bond donors (Lipinski definition) is 1. The maximum absolute atomic E-state index is 12.8. The molecule has 0 spiro atoms. The fourth-order valence-corrected chi connectivity index (χ4v) is 3.36. The summed E-state index contributed by atoms with van der Waals surface area (Å²) in [4.78, 5) is 15.7. The predicted molar refractivity (Wildman–Crippen MR) is 87.5 cm³/mol. The molecule has 1 heterocycles. The molecule has 0 aliphatic carbocycles. The molecule has 0 radical (unpaired) electrons. The van der Waals surface area contributed by atoms with E-state index >= 15 is 0 Å². The lowest BCUT2D eigenvalue weighted by atomic mass is 9.97. The molecule has 0 unspecified atom stereocenters. The van der Waals surface area contributed by atoms with Crippen molar-refractivity contribution in [3.63, 3.8) is 0 Å². The van der Waals surface area contributed by atoms with E-state index in [0.29, 0.717) is 6.54 Å². The molecule has 1 amide bonds. The summed E-state index contributed by atoms with van der Waals surface area (Å²) in [6, 6.07) is 13.8. The normalized spacial score (nSPS) is 13.9. The molecule has 2 aromatic rings. The van der Waals surface area contributed by atoms with Crippen molar-refractivity contribution in [2.75, 3.05) is 18.5 Å². The quantitative estimate of drug-likeness (QED) is 0.684. The second kappa shape index (κ2) is 5.82. The van der Waals surface area contributed by atoms with Crippen LogP contribution in [0, 0.1) is 0 Å². The van der Waals surface area contributed by atoms with Crippen LogP contribution in [0.5, 0.6) is 0 Å². The molecule has 0 atom stereocenters. The minimum absolute atomic E-state index is 0.0915. The highest BCUT2D eigenvalue weighted by Gasteiger charge is 2.24. The second-order valence-electron chi connectivity index (χ2n) is 5.16. The van der Waals surface area contributed by atoms with E-state index in [9.17, 15) is 4.79 Å². The fraction of sp³-hybridized carbons (Fsp3) is 0.235. The van der Waals surface area contributed by atoms with Crippen LogP contribution in [0.1, 0.15) is 21.5 Å². The highest BCUT2D eigenvalue weighted by atomic mass is 32.2. The number of nitrogens with two attached hydrogens (primary N) is 1. The van der Waals surface area contributed by atoms with Gasteiger partial charge >= 0.3 is 0 Å². The zero-order valence-corrected chi connectivity index (χ0v) is 12.8. The first-order chi connectivity index (χ1) is 10.2. The van der Waals surface area contributed by atoms with Crippen LogP contribution < -0.4 is 5.73 Å². The van der Waals surface area contributed by atoms with Crippen LogP contribution in [0.4, 0.5) is 5.69 Å². The van der Waals surface area contributed by atoms with Gasteiger partial charge in [0.05, 0.1) is 5.56 Å². The fourth-order valence-electron chi connectivity index (χ4n) is 2.77. The van der Waals surface area contributed by atoms with Gasteiger partial charge in [0.25, 0.3) is 5.91 Å². The molecule has 1 aliphatic heterocycles. The molecule has 0 saturated carbocycles. The van der Waals surface area contributed by atoms with Crippen LogP contribution in [-0.4, -0.2) is 23.6 Å². The Kier molecular flexibility index (Phi) is 3.88. The van der Waals surface area contributed by atoms with Gasteiger partial charge in [-0.15, -0.1) is 11.8 Å². The lowest BCUT2D eigenvalue weighted by Gasteiger charge is -2.30. The Labute approximate surface area is 129 Å².